The third-order valence-electron chi connectivity index (χ3n) is 2.31. The van der Waals surface area contributed by atoms with Gasteiger partial charge in [-0.3, -0.25) is 4.79 Å². The highest BCUT2D eigenvalue weighted by atomic mass is 79.9. The van der Waals surface area contributed by atoms with Crippen molar-refractivity contribution in [1.82, 2.24) is 4.90 Å². The van der Waals surface area contributed by atoms with E-state index in [-0.39, 0.29) is 5.91 Å². The molecule has 1 amide bonds. The van der Waals surface area contributed by atoms with E-state index in [0.717, 1.165) is 5.33 Å². The molecule has 0 atom stereocenters. The van der Waals surface area contributed by atoms with E-state index in [1.165, 1.54) is 10.5 Å². The van der Waals surface area contributed by atoms with Crippen molar-refractivity contribution < 1.29 is 4.79 Å². The van der Waals surface area contributed by atoms with Crippen molar-refractivity contribution in [2.45, 2.75) is 17.9 Å². The second kappa shape index (κ2) is 6.97. The lowest BCUT2D eigenvalue weighted by atomic mass is 10.2. The van der Waals surface area contributed by atoms with Gasteiger partial charge >= 0.3 is 0 Å². The van der Waals surface area contributed by atoms with E-state index in [4.69, 9.17) is 0 Å². The molecule has 0 bridgehead atoms. The predicted octanol–water partition coefficient (Wildman–Crippen LogP) is 3.15. The predicted molar refractivity (Wildman–Crippen MR) is 73.1 cm³/mol. The van der Waals surface area contributed by atoms with E-state index in [1.807, 2.05) is 7.05 Å². The Balaban J connectivity index is 2.55. The maximum Gasteiger partial charge on any atom is 0.223 e. The summed E-state index contributed by atoms with van der Waals surface area (Å²) < 4.78 is 0. The Kier molecular flexibility index (Phi) is 5.91. The molecule has 1 rings (SSSR count). The molecule has 2 nitrogen and oxygen atoms in total. The fourth-order valence-electron chi connectivity index (χ4n) is 1.36. The zero-order valence-corrected chi connectivity index (χ0v) is 12.0. The molecule has 1 aromatic carbocycles. The van der Waals surface area contributed by atoms with Crippen molar-refractivity contribution in [3.8, 4) is 0 Å². The molecule has 0 aliphatic heterocycles. The summed E-state index contributed by atoms with van der Waals surface area (Å²) in [5.41, 5.74) is 1.17. The number of hydrogen-bond donors (Lipinski definition) is 0. The van der Waals surface area contributed by atoms with Crippen molar-refractivity contribution in [3.63, 3.8) is 0 Å². The Morgan fingerprint density at radius 1 is 1.38 bits per heavy atom. The van der Waals surface area contributed by atoms with Gasteiger partial charge in [0.05, 0.1) is 0 Å². The van der Waals surface area contributed by atoms with Crippen molar-refractivity contribution >= 4 is 33.6 Å². The first kappa shape index (κ1) is 13.6. The van der Waals surface area contributed by atoms with Gasteiger partial charge in [-0.2, -0.15) is 0 Å². The van der Waals surface area contributed by atoms with Crippen LogP contribution in [0.5, 0.6) is 0 Å². The molecule has 0 fully saturated rings. The normalized spacial score (nSPS) is 10.2. The monoisotopic (exact) mass is 301 g/mol. The van der Waals surface area contributed by atoms with Crippen molar-refractivity contribution in [1.29, 1.82) is 0 Å². The Labute approximate surface area is 110 Å². The molecule has 0 unspecified atom stereocenters. The molecule has 1 aromatic rings. The minimum absolute atomic E-state index is 0.172. The maximum atomic E-state index is 11.6. The molecular weight excluding hydrogens is 286 g/mol. The summed E-state index contributed by atoms with van der Waals surface area (Å²) in [5, 5.41) is 0.724. The van der Waals surface area contributed by atoms with Crippen LogP contribution >= 0.6 is 27.7 Å². The fourth-order valence-corrected chi connectivity index (χ4v) is 2.11. The van der Waals surface area contributed by atoms with Gasteiger partial charge < -0.3 is 4.90 Å². The summed E-state index contributed by atoms with van der Waals surface area (Å²) in [6.07, 6.45) is 2.61. The fraction of sp³-hybridized carbons (Fsp3) is 0.417. The molecule has 16 heavy (non-hydrogen) atoms. The number of amides is 1. The molecule has 0 aliphatic rings. The van der Waals surface area contributed by atoms with Gasteiger partial charge in [-0.05, 0) is 24.0 Å². The van der Waals surface area contributed by atoms with Crippen molar-refractivity contribution in [2.24, 2.45) is 0 Å². The summed E-state index contributed by atoms with van der Waals surface area (Å²) in [6.45, 7) is 0.681. The lowest BCUT2D eigenvalue weighted by Gasteiger charge is -2.16. The molecule has 4 heteroatoms. The lowest BCUT2D eigenvalue weighted by Crippen LogP contribution is -2.26. The quantitative estimate of drug-likeness (QED) is 0.615. The highest BCUT2D eigenvalue weighted by molar-refractivity contribution is 9.09. The van der Waals surface area contributed by atoms with Crippen LogP contribution in [0, 0.1) is 0 Å². The van der Waals surface area contributed by atoms with Crippen molar-refractivity contribution in [2.75, 3.05) is 18.6 Å². The highest BCUT2D eigenvalue weighted by Gasteiger charge is 2.07. The van der Waals surface area contributed by atoms with E-state index in [2.05, 4.69) is 46.5 Å². The molecule has 0 saturated heterocycles. The van der Waals surface area contributed by atoms with Crippen LogP contribution in [0.15, 0.2) is 29.2 Å². The highest BCUT2D eigenvalue weighted by Crippen LogP contribution is 2.15. The molecule has 0 radical (unpaired) electrons. The summed E-state index contributed by atoms with van der Waals surface area (Å²) in [4.78, 5) is 14.6. The number of benzene rings is 1. The van der Waals surface area contributed by atoms with Crippen LogP contribution < -0.4 is 0 Å². The van der Waals surface area contributed by atoms with Crippen LogP contribution in [0.4, 0.5) is 0 Å². The summed E-state index contributed by atoms with van der Waals surface area (Å²) in [6, 6.07) is 8.32. The molecule has 0 N–H and O–H groups in total. The van der Waals surface area contributed by atoms with E-state index in [9.17, 15) is 4.79 Å². The van der Waals surface area contributed by atoms with E-state index >= 15 is 0 Å². The second-order valence-corrected chi connectivity index (χ2v) is 5.21. The van der Waals surface area contributed by atoms with E-state index < -0.39 is 0 Å². The van der Waals surface area contributed by atoms with Gasteiger partial charge in [-0.15, -0.1) is 11.8 Å². The third-order valence-corrected chi connectivity index (χ3v) is 3.45. The number of thioether (sulfide) groups is 1. The van der Waals surface area contributed by atoms with Crippen LogP contribution in [0.25, 0.3) is 0 Å². The molecule has 0 heterocycles. The summed E-state index contributed by atoms with van der Waals surface area (Å²) in [5.74, 6) is 0.172. The topological polar surface area (TPSA) is 20.3 Å². The number of alkyl halides is 1. The van der Waals surface area contributed by atoms with Crippen LogP contribution in [0.3, 0.4) is 0 Å². The minimum atomic E-state index is 0.172. The number of hydrogen-bond acceptors (Lipinski definition) is 2. The Morgan fingerprint density at radius 3 is 2.50 bits per heavy atom. The zero-order chi connectivity index (χ0) is 12.0. The van der Waals surface area contributed by atoms with Gasteiger partial charge in [0.1, 0.15) is 0 Å². The largest absolute Gasteiger partial charge is 0.341 e. The average Bonchev–Trinajstić information content (AvgIpc) is 2.30. The molecule has 88 valence electrons. The summed E-state index contributed by atoms with van der Waals surface area (Å²) in [7, 11) is 1.84. The smallest absolute Gasteiger partial charge is 0.223 e. The number of halogens is 1. The SMILES string of the molecule is CSc1ccc(CN(C)C(=O)CCBr)cc1. The molecule has 0 spiro atoms. The zero-order valence-electron chi connectivity index (χ0n) is 9.57. The van der Waals surface area contributed by atoms with Crippen LogP contribution in [0.1, 0.15) is 12.0 Å². The lowest BCUT2D eigenvalue weighted by molar-refractivity contribution is -0.129. The van der Waals surface area contributed by atoms with Gasteiger partial charge in [0.25, 0.3) is 0 Å². The van der Waals surface area contributed by atoms with Crippen molar-refractivity contribution in [3.05, 3.63) is 29.8 Å². The molecule has 0 aliphatic carbocycles. The van der Waals surface area contributed by atoms with Crippen LogP contribution in [-0.4, -0.2) is 29.4 Å². The van der Waals surface area contributed by atoms with Gasteiger partial charge in [0.15, 0.2) is 0 Å². The number of carbonyl (C=O) groups is 1. The van der Waals surface area contributed by atoms with Gasteiger partial charge in [-0.25, -0.2) is 0 Å². The van der Waals surface area contributed by atoms with Gasteiger partial charge in [0.2, 0.25) is 5.91 Å². The van der Waals surface area contributed by atoms with Crippen LogP contribution in [0.2, 0.25) is 0 Å². The van der Waals surface area contributed by atoms with E-state index in [0.29, 0.717) is 13.0 Å². The van der Waals surface area contributed by atoms with Gasteiger partial charge in [-0.1, -0.05) is 28.1 Å². The first-order valence-corrected chi connectivity index (χ1v) is 7.45. The standard InChI is InChI=1S/C12H16BrNOS/c1-14(12(15)7-8-13)9-10-3-5-11(16-2)6-4-10/h3-6H,7-9H2,1-2H3. The number of nitrogens with zero attached hydrogens (tertiary/aromatic N) is 1. The summed E-state index contributed by atoms with van der Waals surface area (Å²) >= 11 is 5.00. The Bertz CT molecular complexity index is 339. The molecule has 0 saturated carbocycles. The Hall–Kier alpha value is -0.480. The number of carbonyl (C=O) groups excluding carboxylic acids is 1. The maximum absolute atomic E-state index is 11.6. The van der Waals surface area contributed by atoms with E-state index in [1.54, 1.807) is 16.7 Å². The second-order valence-electron chi connectivity index (χ2n) is 3.54. The average molecular weight is 302 g/mol. The third kappa shape index (κ3) is 4.18. The van der Waals surface area contributed by atoms with Crippen LogP contribution in [-0.2, 0) is 11.3 Å². The minimum Gasteiger partial charge on any atom is -0.341 e. The Morgan fingerprint density at radius 2 is 2.00 bits per heavy atom. The molecular formula is C12H16BrNOS. The first-order chi connectivity index (χ1) is 7.67. The van der Waals surface area contributed by atoms with Gasteiger partial charge in [0, 0.05) is 30.2 Å². The first-order valence-electron chi connectivity index (χ1n) is 5.10. The molecule has 0 aromatic heterocycles. The number of rotatable bonds is 5.